The maximum atomic E-state index is 12.7. The molecule has 0 radical (unpaired) electrons. The van der Waals surface area contributed by atoms with Crippen LogP contribution in [0.25, 0.3) is 0 Å². The molecular formula is C15H23N3O. The summed E-state index contributed by atoms with van der Waals surface area (Å²) in [5.41, 5.74) is 1.88. The molecule has 1 amide bonds. The molecule has 19 heavy (non-hydrogen) atoms. The van der Waals surface area contributed by atoms with Crippen molar-refractivity contribution in [2.45, 2.75) is 13.0 Å². The lowest BCUT2D eigenvalue weighted by molar-refractivity contribution is 0.0503. The van der Waals surface area contributed by atoms with Crippen LogP contribution in [0.1, 0.15) is 15.9 Å². The summed E-state index contributed by atoms with van der Waals surface area (Å²) >= 11 is 0. The minimum Gasteiger partial charge on any atom is -0.332 e. The molecule has 1 aromatic carbocycles. The van der Waals surface area contributed by atoms with Crippen LogP contribution in [0.4, 0.5) is 0 Å². The van der Waals surface area contributed by atoms with E-state index in [2.05, 4.69) is 17.3 Å². The van der Waals surface area contributed by atoms with Gasteiger partial charge in [-0.2, -0.15) is 0 Å². The van der Waals surface area contributed by atoms with Crippen LogP contribution in [-0.2, 0) is 0 Å². The molecule has 0 aliphatic carbocycles. The molecule has 1 aromatic rings. The Labute approximate surface area is 115 Å². The number of hydrogen-bond donors (Lipinski definition) is 1. The Morgan fingerprint density at radius 3 is 2.79 bits per heavy atom. The van der Waals surface area contributed by atoms with E-state index in [-0.39, 0.29) is 11.9 Å². The fraction of sp³-hybridized carbons (Fsp3) is 0.533. The summed E-state index contributed by atoms with van der Waals surface area (Å²) in [6, 6.07) is 8.07. The SMILES string of the molecule is CNCC1CN(C)CCN1C(=O)c1ccccc1C. The van der Waals surface area contributed by atoms with Crippen LogP contribution < -0.4 is 5.32 Å². The minimum absolute atomic E-state index is 0.159. The van der Waals surface area contributed by atoms with E-state index in [0.717, 1.165) is 37.3 Å². The van der Waals surface area contributed by atoms with Gasteiger partial charge in [0.25, 0.3) is 5.91 Å². The number of carbonyl (C=O) groups excluding carboxylic acids is 1. The Kier molecular flexibility index (Phi) is 4.56. The summed E-state index contributed by atoms with van der Waals surface area (Å²) in [6.07, 6.45) is 0. The highest BCUT2D eigenvalue weighted by molar-refractivity contribution is 5.95. The Morgan fingerprint density at radius 2 is 2.11 bits per heavy atom. The minimum atomic E-state index is 0.159. The van der Waals surface area contributed by atoms with Crippen molar-refractivity contribution in [2.75, 3.05) is 40.3 Å². The Bertz CT molecular complexity index is 447. The molecule has 4 nitrogen and oxygen atoms in total. The molecule has 1 fully saturated rings. The van der Waals surface area contributed by atoms with Crippen molar-refractivity contribution in [3.8, 4) is 0 Å². The number of nitrogens with zero attached hydrogens (tertiary/aromatic N) is 2. The summed E-state index contributed by atoms with van der Waals surface area (Å²) in [4.78, 5) is 17.0. The molecule has 1 saturated heterocycles. The van der Waals surface area contributed by atoms with Crippen molar-refractivity contribution in [3.63, 3.8) is 0 Å². The van der Waals surface area contributed by atoms with Crippen molar-refractivity contribution in [3.05, 3.63) is 35.4 Å². The van der Waals surface area contributed by atoms with E-state index in [1.807, 2.05) is 43.1 Å². The zero-order chi connectivity index (χ0) is 13.8. The van der Waals surface area contributed by atoms with Gasteiger partial charge < -0.3 is 15.1 Å². The van der Waals surface area contributed by atoms with Gasteiger partial charge in [-0.15, -0.1) is 0 Å². The molecule has 1 aliphatic heterocycles. The molecule has 4 heteroatoms. The third kappa shape index (κ3) is 3.14. The molecule has 1 unspecified atom stereocenters. The van der Waals surface area contributed by atoms with Crippen LogP contribution in [0.15, 0.2) is 24.3 Å². The number of rotatable bonds is 3. The largest absolute Gasteiger partial charge is 0.332 e. The van der Waals surface area contributed by atoms with Gasteiger partial charge in [0.15, 0.2) is 0 Å². The highest BCUT2D eigenvalue weighted by Gasteiger charge is 2.29. The van der Waals surface area contributed by atoms with Crippen molar-refractivity contribution < 1.29 is 4.79 Å². The predicted molar refractivity (Wildman–Crippen MR) is 77.4 cm³/mol. The summed E-state index contributed by atoms with van der Waals surface area (Å²) in [5, 5.41) is 3.19. The van der Waals surface area contributed by atoms with Gasteiger partial charge in [-0.1, -0.05) is 18.2 Å². The topological polar surface area (TPSA) is 35.6 Å². The third-order valence-corrected chi connectivity index (χ3v) is 3.76. The summed E-state index contributed by atoms with van der Waals surface area (Å²) in [6.45, 7) is 5.50. The van der Waals surface area contributed by atoms with E-state index < -0.39 is 0 Å². The molecule has 104 valence electrons. The molecule has 0 bridgehead atoms. The van der Waals surface area contributed by atoms with Crippen LogP contribution >= 0.6 is 0 Å². The number of piperazine rings is 1. The van der Waals surface area contributed by atoms with Gasteiger partial charge in [0.05, 0.1) is 6.04 Å². The number of amides is 1. The van der Waals surface area contributed by atoms with E-state index in [4.69, 9.17) is 0 Å². The fourth-order valence-corrected chi connectivity index (χ4v) is 2.66. The van der Waals surface area contributed by atoms with E-state index in [1.165, 1.54) is 0 Å². The first-order valence-corrected chi connectivity index (χ1v) is 6.83. The zero-order valence-corrected chi connectivity index (χ0v) is 12.0. The van der Waals surface area contributed by atoms with Gasteiger partial charge in [-0.3, -0.25) is 4.79 Å². The standard InChI is InChI=1S/C15H23N3O/c1-12-6-4-5-7-14(12)15(19)18-9-8-17(3)11-13(18)10-16-2/h4-7,13,16H,8-11H2,1-3H3. The Morgan fingerprint density at radius 1 is 1.37 bits per heavy atom. The first kappa shape index (κ1) is 14.0. The monoisotopic (exact) mass is 261 g/mol. The highest BCUT2D eigenvalue weighted by atomic mass is 16.2. The van der Waals surface area contributed by atoms with Crippen LogP contribution in [0.3, 0.4) is 0 Å². The van der Waals surface area contributed by atoms with Crippen molar-refractivity contribution in [1.82, 2.24) is 15.1 Å². The van der Waals surface area contributed by atoms with Crippen LogP contribution in [0.5, 0.6) is 0 Å². The van der Waals surface area contributed by atoms with E-state index in [1.54, 1.807) is 0 Å². The number of hydrogen-bond acceptors (Lipinski definition) is 3. The number of nitrogens with one attached hydrogen (secondary N) is 1. The summed E-state index contributed by atoms with van der Waals surface area (Å²) in [5.74, 6) is 0.159. The van der Waals surface area contributed by atoms with E-state index >= 15 is 0 Å². The molecule has 1 heterocycles. The number of likely N-dealkylation sites (N-methyl/N-ethyl adjacent to an activating group) is 2. The van der Waals surface area contributed by atoms with E-state index in [0.29, 0.717) is 0 Å². The molecule has 0 aromatic heterocycles. The van der Waals surface area contributed by atoms with Crippen LogP contribution in [0.2, 0.25) is 0 Å². The van der Waals surface area contributed by atoms with Gasteiger partial charge in [0, 0.05) is 31.7 Å². The van der Waals surface area contributed by atoms with Crippen LogP contribution in [-0.4, -0.2) is 62.0 Å². The van der Waals surface area contributed by atoms with E-state index in [9.17, 15) is 4.79 Å². The number of benzene rings is 1. The van der Waals surface area contributed by atoms with Gasteiger partial charge in [0.2, 0.25) is 0 Å². The van der Waals surface area contributed by atoms with Gasteiger partial charge in [-0.05, 0) is 32.6 Å². The second-order valence-corrected chi connectivity index (χ2v) is 5.29. The smallest absolute Gasteiger partial charge is 0.254 e. The Balaban J connectivity index is 2.19. The molecule has 2 rings (SSSR count). The molecule has 0 spiro atoms. The second kappa shape index (κ2) is 6.17. The predicted octanol–water partition coefficient (Wildman–Crippen LogP) is 0.971. The maximum Gasteiger partial charge on any atom is 0.254 e. The lowest BCUT2D eigenvalue weighted by Crippen LogP contribution is -2.57. The van der Waals surface area contributed by atoms with Crippen molar-refractivity contribution in [1.29, 1.82) is 0 Å². The average molecular weight is 261 g/mol. The van der Waals surface area contributed by atoms with Gasteiger partial charge >= 0.3 is 0 Å². The number of aryl methyl sites for hydroxylation is 1. The first-order valence-electron chi connectivity index (χ1n) is 6.83. The van der Waals surface area contributed by atoms with Crippen molar-refractivity contribution in [2.24, 2.45) is 0 Å². The Hall–Kier alpha value is -1.39. The normalized spacial score (nSPS) is 20.6. The quantitative estimate of drug-likeness (QED) is 0.881. The number of carbonyl (C=O) groups is 1. The molecule has 1 N–H and O–H groups in total. The average Bonchev–Trinajstić information content (AvgIpc) is 2.39. The summed E-state index contributed by atoms with van der Waals surface area (Å²) < 4.78 is 0. The highest BCUT2D eigenvalue weighted by Crippen LogP contribution is 2.15. The zero-order valence-electron chi connectivity index (χ0n) is 12.0. The van der Waals surface area contributed by atoms with Crippen molar-refractivity contribution >= 4 is 5.91 Å². The second-order valence-electron chi connectivity index (χ2n) is 5.29. The van der Waals surface area contributed by atoms with Gasteiger partial charge in [0.1, 0.15) is 0 Å². The molecule has 1 atom stereocenters. The van der Waals surface area contributed by atoms with Crippen LogP contribution in [0, 0.1) is 6.92 Å². The molecule has 1 aliphatic rings. The molecule has 0 saturated carbocycles. The maximum absolute atomic E-state index is 12.7. The lowest BCUT2D eigenvalue weighted by atomic mass is 10.1. The first-order chi connectivity index (χ1) is 9.13. The third-order valence-electron chi connectivity index (χ3n) is 3.76. The van der Waals surface area contributed by atoms with Gasteiger partial charge in [-0.25, -0.2) is 0 Å². The lowest BCUT2D eigenvalue weighted by Gasteiger charge is -2.40. The molecular weight excluding hydrogens is 238 g/mol. The summed E-state index contributed by atoms with van der Waals surface area (Å²) in [7, 11) is 4.04. The fourth-order valence-electron chi connectivity index (χ4n) is 2.66.